The summed E-state index contributed by atoms with van der Waals surface area (Å²) in [6, 6.07) is 10.5. The van der Waals surface area contributed by atoms with Crippen molar-refractivity contribution in [2.45, 2.75) is 46.1 Å². The lowest BCUT2D eigenvalue weighted by atomic mass is 10.1. The summed E-state index contributed by atoms with van der Waals surface area (Å²) in [6.07, 6.45) is 2.69. The lowest BCUT2D eigenvalue weighted by Crippen LogP contribution is -2.33. The van der Waals surface area contributed by atoms with Gasteiger partial charge in [-0.2, -0.15) is 0 Å². The summed E-state index contributed by atoms with van der Waals surface area (Å²) in [5, 5.41) is 4.08. The minimum absolute atomic E-state index is 0.0120. The molecule has 1 N–H and O–H groups in total. The Hall–Kier alpha value is -1.68. The number of carbonyl (C=O) groups is 1. The van der Waals surface area contributed by atoms with Crippen molar-refractivity contribution in [1.29, 1.82) is 0 Å². The summed E-state index contributed by atoms with van der Waals surface area (Å²) >= 11 is 1.50. The van der Waals surface area contributed by atoms with E-state index >= 15 is 0 Å². The topological polar surface area (TPSA) is 42.0 Å². The zero-order valence-electron chi connectivity index (χ0n) is 12.8. The lowest BCUT2D eigenvalue weighted by Gasteiger charge is -2.13. The summed E-state index contributed by atoms with van der Waals surface area (Å²) in [7, 11) is 0. The van der Waals surface area contributed by atoms with Crippen molar-refractivity contribution in [2.24, 2.45) is 0 Å². The second kappa shape index (κ2) is 7.36. The van der Waals surface area contributed by atoms with Crippen molar-refractivity contribution in [3.05, 3.63) is 51.5 Å². The van der Waals surface area contributed by atoms with E-state index in [9.17, 15) is 4.79 Å². The summed E-state index contributed by atoms with van der Waals surface area (Å²) in [5.41, 5.74) is 2.05. The molecule has 0 fully saturated rings. The smallest absolute Gasteiger partial charge is 0.263 e. The number of nitrogens with zero attached hydrogens (tertiary/aromatic N) is 1. The van der Waals surface area contributed by atoms with E-state index in [2.05, 4.69) is 36.3 Å². The Bertz CT molecular complexity index is 588. The molecule has 0 saturated heterocycles. The SMILES string of the molecule is CCC(CC)NC(=O)c1sc(Cc2ccccc2)nc1C. The first-order valence-corrected chi connectivity index (χ1v) is 8.26. The third-order valence-electron chi connectivity index (χ3n) is 3.57. The summed E-state index contributed by atoms with van der Waals surface area (Å²) < 4.78 is 0. The Morgan fingerprint density at radius 2 is 1.90 bits per heavy atom. The average Bonchev–Trinajstić information content (AvgIpc) is 2.86. The minimum atomic E-state index is 0.0120. The number of hydrogen-bond acceptors (Lipinski definition) is 3. The number of benzene rings is 1. The van der Waals surface area contributed by atoms with Crippen LogP contribution in [0.25, 0.3) is 0 Å². The molecule has 1 heterocycles. The first-order chi connectivity index (χ1) is 10.1. The van der Waals surface area contributed by atoms with Gasteiger partial charge in [-0.1, -0.05) is 44.2 Å². The van der Waals surface area contributed by atoms with E-state index in [1.807, 2.05) is 25.1 Å². The van der Waals surface area contributed by atoms with E-state index in [-0.39, 0.29) is 11.9 Å². The molecular weight excluding hydrogens is 280 g/mol. The Morgan fingerprint density at radius 1 is 1.24 bits per heavy atom. The molecule has 0 saturated carbocycles. The van der Waals surface area contributed by atoms with Crippen LogP contribution in [0.1, 0.15) is 52.6 Å². The highest BCUT2D eigenvalue weighted by Crippen LogP contribution is 2.21. The number of carbonyl (C=O) groups excluding carboxylic acids is 1. The third kappa shape index (κ3) is 4.14. The molecule has 0 bridgehead atoms. The highest BCUT2D eigenvalue weighted by Gasteiger charge is 2.17. The first kappa shape index (κ1) is 15.7. The van der Waals surface area contributed by atoms with Crippen molar-refractivity contribution in [3.63, 3.8) is 0 Å². The van der Waals surface area contributed by atoms with Gasteiger partial charge in [0.25, 0.3) is 5.91 Å². The van der Waals surface area contributed by atoms with Gasteiger partial charge in [0.15, 0.2) is 0 Å². The number of thiazole rings is 1. The van der Waals surface area contributed by atoms with Gasteiger partial charge in [-0.3, -0.25) is 4.79 Å². The Balaban J connectivity index is 2.10. The van der Waals surface area contributed by atoms with Crippen LogP contribution < -0.4 is 5.32 Å². The van der Waals surface area contributed by atoms with Crippen molar-refractivity contribution in [2.75, 3.05) is 0 Å². The molecule has 1 amide bonds. The van der Waals surface area contributed by atoms with E-state index in [0.717, 1.165) is 34.8 Å². The Kier molecular flexibility index (Phi) is 5.51. The molecule has 0 aliphatic rings. The van der Waals surface area contributed by atoms with Crippen molar-refractivity contribution in [3.8, 4) is 0 Å². The van der Waals surface area contributed by atoms with Crippen LogP contribution in [0.2, 0.25) is 0 Å². The molecule has 4 heteroatoms. The zero-order valence-corrected chi connectivity index (χ0v) is 13.7. The molecule has 1 aromatic carbocycles. The van der Waals surface area contributed by atoms with Gasteiger partial charge in [-0.15, -0.1) is 11.3 Å². The van der Waals surface area contributed by atoms with E-state index in [1.54, 1.807) is 0 Å². The van der Waals surface area contributed by atoms with Crippen LogP contribution in [-0.4, -0.2) is 16.9 Å². The zero-order chi connectivity index (χ0) is 15.2. The van der Waals surface area contributed by atoms with E-state index in [1.165, 1.54) is 16.9 Å². The molecule has 0 aliphatic carbocycles. The van der Waals surface area contributed by atoms with Gasteiger partial charge < -0.3 is 5.32 Å². The molecule has 0 atom stereocenters. The standard InChI is InChI=1S/C17H22N2OS/c1-4-14(5-2)19-17(20)16-12(3)18-15(21-16)11-13-9-7-6-8-10-13/h6-10,14H,4-5,11H2,1-3H3,(H,19,20). The van der Waals surface area contributed by atoms with Crippen LogP contribution in [0.5, 0.6) is 0 Å². The van der Waals surface area contributed by atoms with Gasteiger partial charge in [0, 0.05) is 12.5 Å². The molecule has 3 nitrogen and oxygen atoms in total. The normalized spacial score (nSPS) is 10.9. The maximum absolute atomic E-state index is 12.3. The van der Waals surface area contributed by atoms with Crippen LogP contribution in [0, 0.1) is 6.92 Å². The van der Waals surface area contributed by atoms with Crippen LogP contribution in [0.15, 0.2) is 30.3 Å². The van der Waals surface area contributed by atoms with Crippen LogP contribution in [0.4, 0.5) is 0 Å². The van der Waals surface area contributed by atoms with E-state index in [4.69, 9.17) is 0 Å². The van der Waals surface area contributed by atoms with Gasteiger partial charge in [0.1, 0.15) is 4.88 Å². The first-order valence-electron chi connectivity index (χ1n) is 7.45. The Morgan fingerprint density at radius 3 is 2.52 bits per heavy atom. The summed E-state index contributed by atoms with van der Waals surface area (Å²) in [6.45, 7) is 6.09. The number of amides is 1. The van der Waals surface area contributed by atoms with Crippen LogP contribution >= 0.6 is 11.3 Å². The second-order valence-electron chi connectivity index (χ2n) is 5.17. The highest BCUT2D eigenvalue weighted by atomic mass is 32.1. The largest absolute Gasteiger partial charge is 0.349 e. The molecule has 0 unspecified atom stereocenters. The molecule has 0 aliphatic heterocycles. The predicted octanol–water partition coefficient (Wildman–Crippen LogP) is 3.96. The lowest BCUT2D eigenvalue weighted by molar-refractivity contribution is 0.0938. The van der Waals surface area contributed by atoms with Crippen LogP contribution in [-0.2, 0) is 6.42 Å². The van der Waals surface area contributed by atoms with Crippen molar-refractivity contribution >= 4 is 17.2 Å². The third-order valence-corrected chi connectivity index (χ3v) is 4.72. The number of nitrogens with one attached hydrogen (secondary N) is 1. The van der Waals surface area contributed by atoms with Gasteiger partial charge in [0.2, 0.25) is 0 Å². The molecule has 0 spiro atoms. The monoisotopic (exact) mass is 302 g/mol. The van der Waals surface area contributed by atoms with Crippen LogP contribution in [0.3, 0.4) is 0 Å². The van der Waals surface area contributed by atoms with Crippen molar-refractivity contribution in [1.82, 2.24) is 10.3 Å². The maximum Gasteiger partial charge on any atom is 0.263 e. The summed E-state index contributed by atoms with van der Waals surface area (Å²) in [5.74, 6) is 0.0120. The fourth-order valence-corrected chi connectivity index (χ4v) is 3.25. The van der Waals surface area contributed by atoms with E-state index in [0.29, 0.717) is 0 Å². The number of rotatable bonds is 6. The molecule has 0 radical (unpaired) electrons. The summed E-state index contributed by atoms with van der Waals surface area (Å²) in [4.78, 5) is 17.6. The molecular formula is C17H22N2OS. The number of aromatic nitrogens is 1. The average molecular weight is 302 g/mol. The molecule has 1 aromatic heterocycles. The second-order valence-corrected chi connectivity index (χ2v) is 6.26. The Labute approximate surface area is 130 Å². The quantitative estimate of drug-likeness (QED) is 0.877. The van der Waals surface area contributed by atoms with Gasteiger partial charge in [-0.05, 0) is 25.3 Å². The van der Waals surface area contributed by atoms with Gasteiger partial charge in [-0.25, -0.2) is 4.98 Å². The highest BCUT2D eigenvalue weighted by molar-refractivity contribution is 7.13. The fraction of sp³-hybridized carbons (Fsp3) is 0.412. The molecule has 112 valence electrons. The molecule has 2 rings (SSSR count). The maximum atomic E-state index is 12.3. The van der Waals surface area contributed by atoms with Gasteiger partial charge >= 0.3 is 0 Å². The van der Waals surface area contributed by atoms with E-state index < -0.39 is 0 Å². The van der Waals surface area contributed by atoms with Gasteiger partial charge in [0.05, 0.1) is 10.7 Å². The van der Waals surface area contributed by atoms with Crippen molar-refractivity contribution < 1.29 is 4.79 Å². The fourth-order valence-electron chi connectivity index (χ4n) is 2.25. The predicted molar refractivity (Wildman–Crippen MR) is 87.9 cm³/mol. The minimum Gasteiger partial charge on any atom is -0.349 e. The number of aryl methyl sites for hydroxylation is 1. The molecule has 2 aromatic rings. The molecule has 21 heavy (non-hydrogen) atoms. The number of hydrogen-bond donors (Lipinski definition) is 1.